The lowest BCUT2D eigenvalue weighted by atomic mass is 9.97. The lowest BCUT2D eigenvalue weighted by Gasteiger charge is -2.10. The molecule has 0 radical (unpaired) electrons. The first kappa shape index (κ1) is 24.7. The molecule has 2 nitrogen and oxygen atoms in total. The highest BCUT2D eigenvalue weighted by molar-refractivity contribution is 6.12. The number of nitrogens with zero attached hydrogens (tertiary/aromatic N) is 1. The maximum Gasteiger partial charge on any atom is 0.135 e. The first-order chi connectivity index (χ1) is 21.8. The molecule has 7 aromatic carbocycles. The number of hydrogen-bond donors (Lipinski definition) is 0. The van der Waals surface area contributed by atoms with Gasteiger partial charge in [-0.1, -0.05) is 109 Å². The fourth-order valence-corrected chi connectivity index (χ4v) is 6.65. The molecule has 0 amide bonds. The first-order valence-electron chi connectivity index (χ1n) is 15.0. The van der Waals surface area contributed by atoms with E-state index in [1.54, 1.807) is 0 Å². The molecule has 206 valence electrons. The monoisotopic (exact) mass is 561 g/mol. The number of benzene rings is 7. The predicted octanol–water partition coefficient (Wildman–Crippen LogP) is 11.7. The average Bonchev–Trinajstić information content (AvgIpc) is 3.63. The fraction of sp³-hybridized carbons (Fsp3) is 0. The molecule has 9 aromatic rings. The van der Waals surface area contributed by atoms with Crippen LogP contribution in [0.5, 0.6) is 0 Å². The van der Waals surface area contributed by atoms with E-state index in [4.69, 9.17) is 4.42 Å². The molecular formula is C42H27NO. The third-order valence-electron chi connectivity index (χ3n) is 8.79. The molecule has 0 aliphatic carbocycles. The Kier molecular flexibility index (Phi) is 5.54. The maximum absolute atomic E-state index is 6.16. The van der Waals surface area contributed by atoms with Crippen LogP contribution in [-0.2, 0) is 0 Å². The molecule has 2 aromatic heterocycles. The van der Waals surface area contributed by atoms with Crippen molar-refractivity contribution in [3.63, 3.8) is 0 Å². The van der Waals surface area contributed by atoms with Crippen LogP contribution in [0.15, 0.2) is 168 Å². The molecule has 0 saturated carbocycles. The maximum atomic E-state index is 6.16. The highest BCUT2D eigenvalue weighted by Gasteiger charge is 2.16. The van der Waals surface area contributed by atoms with Crippen molar-refractivity contribution in [2.45, 2.75) is 0 Å². The topological polar surface area (TPSA) is 18.1 Å². The van der Waals surface area contributed by atoms with E-state index < -0.39 is 0 Å². The zero-order chi connectivity index (χ0) is 29.0. The van der Waals surface area contributed by atoms with Crippen molar-refractivity contribution in [2.24, 2.45) is 0 Å². The molecule has 0 aliphatic rings. The van der Waals surface area contributed by atoms with E-state index in [1.165, 1.54) is 55.2 Å². The molecular weight excluding hydrogens is 534 g/mol. The van der Waals surface area contributed by atoms with Gasteiger partial charge in [0.25, 0.3) is 0 Å². The summed E-state index contributed by atoms with van der Waals surface area (Å²) in [6, 6.07) is 58.6. The lowest BCUT2D eigenvalue weighted by molar-refractivity contribution is 0.669. The summed E-state index contributed by atoms with van der Waals surface area (Å²) in [7, 11) is 0. The number of hydrogen-bond acceptors (Lipinski definition) is 1. The zero-order valence-electron chi connectivity index (χ0n) is 23.9. The van der Waals surface area contributed by atoms with Crippen LogP contribution in [-0.4, -0.2) is 4.57 Å². The second kappa shape index (κ2) is 9.86. The molecule has 2 heteroatoms. The van der Waals surface area contributed by atoms with Crippen molar-refractivity contribution in [2.75, 3.05) is 0 Å². The predicted molar refractivity (Wildman–Crippen MR) is 184 cm³/mol. The van der Waals surface area contributed by atoms with Gasteiger partial charge in [0.1, 0.15) is 11.2 Å². The SMILES string of the molecule is c1ccc(-c2cccc(-c3ccc4c(c3)c3cc(-c5ccccc5)ccc3n4-c3ccc4oc5ccccc5c4c3)c2)cc1. The Hall–Kier alpha value is -5.86. The highest BCUT2D eigenvalue weighted by Crippen LogP contribution is 2.39. The number of para-hydroxylation sites is 1. The van der Waals surface area contributed by atoms with Crippen LogP contribution >= 0.6 is 0 Å². The van der Waals surface area contributed by atoms with Gasteiger partial charge < -0.3 is 8.98 Å². The Labute approximate surface area is 255 Å². The van der Waals surface area contributed by atoms with Crippen LogP contribution in [0.1, 0.15) is 0 Å². The average molecular weight is 562 g/mol. The number of fused-ring (bicyclic) bond motifs is 6. The van der Waals surface area contributed by atoms with Gasteiger partial charge in [-0.05, 0) is 88.0 Å². The Bertz CT molecular complexity index is 2480. The van der Waals surface area contributed by atoms with Crippen LogP contribution in [0.2, 0.25) is 0 Å². The Morgan fingerprint density at radius 2 is 0.841 bits per heavy atom. The van der Waals surface area contributed by atoms with E-state index in [1.807, 2.05) is 12.1 Å². The molecule has 44 heavy (non-hydrogen) atoms. The number of rotatable bonds is 4. The Morgan fingerprint density at radius 1 is 0.318 bits per heavy atom. The van der Waals surface area contributed by atoms with E-state index in [2.05, 4.69) is 156 Å². The second-order valence-corrected chi connectivity index (χ2v) is 11.4. The molecule has 0 saturated heterocycles. The van der Waals surface area contributed by atoms with Gasteiger partial charge in [-0.15, -0.1) is 0 Å². The van der Waals surface area contributed by atoms with Crippen molar-refractivity contribution in [3.05, 3.63) is 164 Å². The van der Waals surface area contributed by atoms with Gasteiger partial charge >= 0.3 is 0 Å². The van der Waals surface area contributed by atoms with Gasteiger partial charge in [-0.2, -0.15) is 0 Å². The third-order valence-corrected chi connectivity index (χ3v) is 8.79. The lowest BCUT2D eigenvalue weighted by Crippen LogP contribution is -1.93. The Morgan fingerprint density at radius 3 is 1.52 bits per heavy atom. The molecule has 0 atom stereocenters. The molecule has 9 rings (SSSR count). The Balaban J connectivity index is 1.28. The quantitative estimate of drug-likeness (QED) is 0.209. The summed E-state index contributed by atoms with van der Waals surface area (Å²) in [4.78, 5) is 0. The van der Waals surface area contributed by atoms with E-state index in [0.717, 1.165) is 27.6 Å². The molecule has 0 unspecified atom stereocenters. The van der Waals surface area contributed by atoms with Gasteiger partial charge in [0.15, 0.2) is 0 Å². The van der Waals surface area contributed by atoms with Crippen molar-refractivity contribution in [1.29, 1.82) is 0 Å². The standard InChI is InChI=1S/C42H27NO/c1-3-10-28(11-4-1)30-14-9-15-31(24-30)33-19-22-40-37(26-33)36-25-32(29-12-5-2-6-13-29)18-21-39(36)43(40)34-20-23-42-38(27-34)35-16-7-8-17-41(35)44-42/h1-27H. The van der Waals surface area contributed by atoms with E-state index >= 15 is 0 Å². The molecule has 0 fully saturated rings. The van der Waals surface area contributed by atoms with E-state index in [9.17, 15) is 0 Å². The molecule has 0 spiro atoms. The molecule has 2 heterocycles. The molecule has 0 N–H and O–H groups in total. The smallest absolute Gasteiger partial charge is 0.135 e. The van der Waals surface area contributed by atoms with E-state index in [0.29, 0.717) is 0 Å². The number of aromatic nitrogens is 1. The van der Waals surface area contributed by atoms with Crippen molar-refractivity contribution in [1.82, 2.24) is 4.57 Å². The molecule has 0 bridgehead atoms. The van der Waals surface area contributed by atoms with Crippen LogP contribution in [0.25, 0.3) is 82.8 Å². The van der Waals surface area contributed by atoms with Crippen molar-refractivity contribution < 1.29 is 4.42 Å². The van der Waals surface area contributed by atoms with Gasteiger partial charge in [0.05, 0.1) is 11.0 Å². The second-order valence-electron chi connectivity index (χ2n) is 11.4. The summed E-state index contributed by atoms with van der Waals surface area (Å²) in [5, 5.41) is 4.73. The van der Waals surface area contributed by atoms with Gasteiger partial charge in [0.2, 0.25) is 0 Å². The van der Waals surface area contributed by atoms with Gasteiger partial charge in [-0.3, -0.25) is 0 Å². The minimum absolute atomic E-state index is 0.905. The van der Waals surface area contributed by atoms with Crippen molar-refractivity contribution >= 4 is 43.7 Å². The summed E-state index contributed by atoms with van der Waals surface area (Å²) in [6.07, 6.45) is 0. The minimum atomic E-state index is 0.905. The largest absolute Gasteiger partial charge is 0.456 e. The third kappa shape index (κ3) is 3.96. The minimum Gasteiger partial charge on any atom is -0.456 e. The summed E-state index contributed by atoms with van der Waals surface area (Å²) >= 11 is 0. The summed E-state index contributed by atoms with van der Waals surface area (Å²) in [6.45, 7) is 0. The van der Waals surface area contributed by atoms with Crippen LogP contribution in [0.3, 0.4) is 0 Å². The summed E-state index contributed by atoms with van der Waals surface area (Å²) in [5.74, 6) is 0. The highest BCUT2D eigenvalue weighted by atomic mass is 16.3. The van der Waals surface area contributed by atoms with Crippen LogP contribution in [0, 0.1) is 0 Å². The van der Waals surface area contributed by atoms with Crippen LogP contribution < -0.4 is 0 Å². The zero-order valence-corrected chi connectivity index (χ0v) is 23.9. The summed E-state index contributed by atoms with van der Waals surface area (Å²) < 4.78 is 8.56. The molecule has 0 aliphatic heterocycles. The first-order valence-corrected chi connectivity index (χ1v) is 15.0. The normalized spacial score (nSPS) is 11.6. The van der Waals surface area contributed by atoms with E-state index in [-0.39, 0.29) is 0 Å². The number of furan rings is 1. The van der Waals surface area contributed by atoms with Crippen molar-refractivity contribution in [3.8, 4) is 39.1 Å². The summed E-state index contributed by atoms with van der Waals surface area (Å²) in [5.41, 5.74) is 12.6. The van der Waals surface area contributed by atoms with Gasteiger partial charge in [-0.25, -0.2) is 0 Å². The van der Waals surface area contributed by atoms with Gasteiger partial charge in [0, 0.05) is 27.2 Å². The van der Waals surface area contributed by atoms with Crippen LogP contribution in [0.4, 0.5) is 0 Å². The fourth-order valence-electron chi connectivity index (χ4n) is 6.65.